The van der Waals surface area contributed by atoms with Gasteiger partial charge in [-0.2, -0.15) is 0 Å². The lowest BCUT2D eigenvalue weighted by Gasteiger charge is -2.32. The zero-order valence-corrected chi connectivity index (χ0v) is 23.9. The molecule has 0 aliphatic heterocycles. The Morgan fingerprint density at radius 3 is 2.21 bits per heavy atom. The summed E-state index contributed by atoms with van der Waals surface area (Å²) >= 11 is 4.88. The van der Waals surface area contributed by atoms with Crippen LogP contribution in [0.15, 0.2) is 83.3 Å². The van der Waals surface area contributed by atoms with Crippen molar-refractivity contribution in [3.05, 3.63) is 110 Å². The molecule has 0 radical (unpaired) electrons. The number of nitrogens with one attached hydrogen (secondary N) is 1. The van der Waals surface area contributed by atoms with Crippen LogP contribution in [0.4, 0.5) is 5.69 Å². The van der Waals surface area contributed by atoms with Crippen LogP contribution in [0.2, 0.25) is 0 Å². The topological polar surface area (TPSA) is 92.6 Å². The molecule has 0 unspecified atom stereocenters. The fourth-order valence-electron chi connectivity index (χ4n) is 3.83. The number of carbonyl (C=O) groups excluding carboxylic acids is 2. The largest absolute Gasteiger partial charge is 0.352 e. The number of amides is 2. The molecule has 2 amide bonds. The van der Waals surface area contributed by atoms with Crippen LogP contribution >= 0.6 is 27.7 Å². The van der Waals surface area contributed by atoms with Gasteiger partial charge in [-0.05, 0) is 42.2 Å². The second-order valence-corrected chi connectivity index (χ2v) is 11.0. The summed E-state index contributed by atoms with van der Waals surface area (Å²) in [5.74, 6) is 0.391. The predicted octanol–water partition coefficient (Wildman–Crippen LogP) is 6.15. The SMILES string of the molecule is CC[C@H](C)NC(=O)[C@@H](Cc1ccccc1)N(Cc1ccc(Br)cc1)C(=O)CSCc1ccc([N+](=O)[O-])cc1. The third kappa shape index (κ3) is 8.99. The van der Waals surface area contributed by atoms with Crippen LogP contribution < -0.4 is 5.32 Å². The summed E-state index contributed by atoms with van der Waals surface area (Å²) < 4.78 is 0.938. The summed E-state index contributed by atoms with van der Waals surface area (Å²) in [6.07, 6.45) is 1.19. The highest BCUT2D eigenvalue weighted by molar-refractivity contribution is 9.10. The lowest BCUT2D eigenvalue weighted by molar-refractivity contribution is -0.384. The first-order valence-electron chi connectivity index (χ1n) is 12.5. The highest BCUT2D eigenvalue weighted by atomic mass is 79.9. The molecule has 0 aliphatic carbocycles. The Balaban J connectivity index is 1.82. The van der Waals surface area contributed by atoms with Crippen LogP contribution in [-0.2, 0) is 28.3 Å². The molecule has 0 aliphatic rings. The smallest absolute Gasteiger partial charge is 0.269 e. The van der Waals surface area contributed by atoms with Crippen LogP contribution in [-0.4, -0.2) is 39.5 Å². The highest BCUT2D eigenvalue weighted by Gasteiger charge is 2.30. The van der Waals surface area contributed by atoms with Gasteiger partial charge < -0.3 is 10.2 Å². The average molecular weight is 599 g/mol. The summed E-state index contributed by atoms with van der Waals surface area (Å²) in [7, 11) is 0. The number of carbonyl (C=O) groups is 2. The van der Waals surface area contributed by atoms with Gasteiger partial charge in [-0.15, -0.1) is 11.8 Å². The maximum Gasteiger partial charge on any atom is 0.269 e. The lowest BCUT2D eigenvalue weighted by Crippen LogP contribution is -2.52. The molecule has 0 fully saturated rings. The van der Waals surface area contributed by atoms with Crippen LogP contribution in [0, 0.1) is 10.1 Å². The van der Waals surface area contributed by atoms with Gasteiger partial charge in [0.1, 0.15) is 6.04 Å². The molecule has 0 spiro atoms. The molecule has 1 N–H and O–H groups in total. The summed E-state index contributed by atoms with van der Waals surface area (Å²) in [6, 6.07) is 23.1. The highest BCUT2D eigenvalue weighted by Crippen LogP contribution is 2.21. The number of hydrogen-bond donors (Lipinski definition) is 1. The van der Waals surface area contributed by atoms with Crippen molar-refractivity contribution in [3.63, 3.8) is 0 Å². The minimum Gasteiger partial charge on any atom is -0.352 e. The Morgan fingerprint density at radius 2 is 1.61 bits per heavy atom. The van der Waals surface area contributed by atoms with Gasteiger partial charge in [0, 0.05) is 41.4 Å². The minimum atomic E-state index is -0.678. The quantitative estimate of drug-likeness (QED) is 0.188. The molecule has 0 aromatic heterocycles. The van der Waals surface area contributed by atoms with Crippen molar-refractivity contribution in [1.29, 1.82) is 0 Å². The maximum absolute atomic E-state index is 13.7. The number of non-ortho nitro benzene ring substituents is 1. The van der Waals surface area contributed by atoms with Gasteiger partial charge in [0.2, 0.25) is 11.8 Å². The van der Waals surface area contributed by atoms with E-state index in [1.807, 2.05) is 68.4 Å². The summed E-state index contributed by atoms with van der Waals surface area (Å²) in [5.41, 5.74) is 2.83. The molecule has 0 bridgehead atoms. The molecule has 9 heteroatoms. The van der Waals surface area contributed by atoms with Gasteiger partial charge in [-0.25, -0.2) is 0 Å². The molecule has 3 rings (SSSR count). The molecule has 3 aromatic rings. The molecular weight excluding hydrogens is 566 g/mol. The first-order chi connectivity index (χ1) is 18.3. The first kappa shape index (κ1) is 29.4. The van der Waals surface area contributed by atoms with Crippen LogP contribution in [0.25, 0.3) is 0 Å². The summed E-state index contributed by atoms with van der Waals surface area (Å²) in [6.45, 7) is 4.27. The zero-order chi connectivity index (χ0) is 27.5. The number of thioether (sulfide) groups is 1. The molecule has 3 aromatic carbocycles. The Hall–Kier alpha value is -3.17. The number of rotatable bonds is 13. The third-order valence-electron chi connectivity index (χ3n) is 6.18. The van der Waals surface area contributed by atoms with Crippen molar-refractivity contribution < 1.29 is 14.5 Å². The monoisotopic (exact) mass is 597 g/mol. The zero-order valence-electron chi connectivity index (χ0n) is 21.5. The Kier molecular flexibility index (Phi) is 11.4. The Morgan fingerprint density at radius 1 is 0.974 bits per heavy atom. The van der Waals surface area contributed by atoms with Crippen molar-refractivity contribution in [3.8, 4) is 0 Å². The fraction of sp³-hybridized carbons (Fsp3) is 0.310. The van der Waals surface area contributed by atoms with Gasteiger partial charge in [0.15, 0.2) is 0 Å². The van der Waals surface area contributed by atoms with Crippen molar-refractivity contribution >= 4 is 45.2 Å². The summed E-state index contributed by atoms with van der Waals surface area (Å²) in [4.78, 5) is 39.3. The maximum atomic E-state index is 13.7. The van der Waals surface area contributed by atoms with E-state index in [4.69, 9.17) is 0 Å². The second-order valence-electron chi connectivity index (χ2n) is 9.09. The Labute approximate surface area is 236 Å². The number of nitro benzene ring substituents is 1. The van der Waals surface area contributed by atoms with Gasteiger partial charge in [-0.3, -0.25) is 19.7 Å². The van der Waals surface area contributed by atoms with E-state index < -0.39 is 11.0 Å². The molecule has 38 heavy (non-hydrogen) atoms. The van der Waals surface area contributed by atoms with E-state index in [-0.39, 0.29) is 29.3 Å². The van der Waals surface area contributed by atoms with E-state index >= 15 is 0 Å². The number of halogens is 1. The first-order valence-corrected chi connectivity index (χ1v) is 14.4. The van der Waals surface area contributed by atoms with Gasteiger partial charge >= 0.3 is 0 Å². The van der Waals surface area contributed by atoms with Gasteiger partial charge in [-0.1, -0.05) is 77.5 Å². The number of nitro groups is 1. The third-order valence-corrected chi connectivity index (χ3v) is 7.70. The van der Waals surface area contributed by atoms with Crippen LogP contribution in [0.3, 0.4) is 0 Å². The van der Waals surface area contributed by atoms with E-state index in [9.17, 15) is 19.7 Å². The molecule has 200 valence electrons. The minimum absolute atomic E-state index is 0.0121. The lowest BCUT2D eigenvalue weighted by atomic mass is 10.0. The second kappa shape index (κ2) is 14.7. The fourth-order valence-corrected chi connectivity index (χ4v) is 4.97. The van der Waals surface area contributed by atoms with Crippen LogP contribution in [0.1, 0.15) is 37.0 Å². The van der Waals surface area contributed by atoms with E-state index in [1.54, 1.807) is 17.0 Å². The normalized spacial score (nSPS) is 12.4. The molecular formula is C29H32BrN3O4S. The van der Waals surface area contributed by atoms with Gasteiger partial charge in [0.25, 0.3) is 5.69 Å². The van der Waals surface area contributed by atoms with E-state index in [2.05, 4.69) is 21.2 Å². The van der Waals surface area contributed by atoms with Crippen molar-refractivity contribution in [1.82, 2.24) is 10.2 Å². The van der Waals surface area contributed by atoms with Gasteiger partial charge in [0.05, 0.1) is 10.7 Å². The number of hydrogen-bond acceptors (Lipinski definition) is 5. The summed E-state index contributed by atoms with van der Waals surface area (Å²) in [5, 5.41) is 14.0. The molecule has 0 saturated carbocycles. The van der Waals surface area contributed by atoms with E-state index in [0.717, 1.165) is 27.6 Å². The van der Waals surface area contributed by atoms with Crippen molar-refractivity contribution in [2.45, 2.75) is 51.1 Å². The standard InChI is InChI=1S/C29H32BrN3O4S/c1-3-21(2)31-29(35)27(17-22-7-5-4-6-8-22)32(18-23-9-13-25(30)14-10-23)28(34)20-38-19-24-11-15-26(16-12-24)33(36)37/h4-16,21,27H,3,17-20H2,1-2H3,(H,31,35)/t21-,27+/m0/s1. The Bertz CT molecular complexity index is 1210. The molecule has 2 atom stereocenters. The van der Waals surface area contributed by atoms with E-state index in [1.165, 1.54) is 23.9 Å². The number of benzene rings is 3. The van der Waals surface area contributed by atoms with Crippen molar-refractivity contribution in [2.75, 3.05) is 5.75 Å². The van der Waals surface area contributed by atoms with E-state index in [0.29, 0.717) is 18.7 Å². The number of nitrogens with zero attached hydrogens (tertiary/aromatic N) is 2. The predicted molar refractivity (Wildman–Crippen MR) is 156 cm³/mol. The molecule has 0 heterocycles. The van der Waals surface area contributed by atoms with Crippen LogP contribution in [0.5, 0.6) is 0 Å². The molecule has 0 saturated heterocycles. The average Bonchev–Trinajstić information content (AvgIpc) is 2.92. The molecule has 7 nitrogen and oxygen atoms in total. The van der Waals surface area contributed by atoms with Crippen molar-refractivity contribution in [2.24, 2.45) is 0 Å².